The Kier molecular flexibility index (Phi) is 7.01. The Morgan fingerprint density at radius 2 is 1.71 bits per heavy atom. The van der Waals surface area contributed by atoms with Crippen molar-refractivity contribution in [3.63, 3.8) is 0 Å². The van der Waals surface area contributed by atoms with Crippen molar-refractivity contribution in [1.29, 1.82) is 0 Å². The fourth-order valence-corrected chi connectivity index (χ4v) is 3.68. The molecule has 0 radical (unpaired) electrons. The molecule has 176 valence electrons. The lowest BCUT2D eigenvalue weighted by Gasteiger charge is -2.24. The van der Waals surface area contributed by atoms with Crippen LogP contribution in [0, 0.1) is 12.8 Å². The summed E-state index contributed by atoms with van der Waals surface area (Å²) in [5.41, 5.74) is 2.49. The highest BCUT2D eigenvalue weighted by Crippen LogP contribution is 2.33. The first-order chi connectivity index (χ1) is 16.5. The zero-order valence-corrected chi connectivity index (χ0v) is 19.9. The zero-order valence-electron chi connectivity index (χ0n) is 19.9. The summed E-state index contributed by atoms with van der Waals surface area (Å²) in [6.07, 6.45) is 1.62. The molecular formula is C27H29N3O4. The number of ether oxygens (including phenoxy) is 2. The number of para-hydroxylation sites is 1. The molecule has 0 fully saturated rings. The second-order valence-electron chi connectivity index (χ2n) is 8.32. The monoisotopic (exact) mass is 459 g/mol. The van der Waals surface area contributed by atoms with E-state index in [2.05, 4.69) is 0 Å². The van der Waals surface area contributed by atoms with Gasteiger partial charge in [-0.15, -0.1) is 0 Å². The van der Waals surface area contributed by atoms with E-state index >= 15 is 0 Å². The Morgan fingerprint density at radius 3 is 2.32 bits per heavy atom. The molecule has 0 aliphatic rings. The number of furan rings is 1. The highest BCUT2D eigenvalue weighted by atomic mass is 16.5. The zero-order chi connectivity index (χ0) is 24.1. The molecule has 0 saturated carbocycles. The van der Waals surface area contributed by atoms with Crippen molar-refractivity contribution in [1.82, 2.24) is 14.7 Å². The maximum atomic E-state index is 13.1. The summed E-state index contributed by atoms with van der Waals surface area (Å²) in [6, 6.07) is 20.9. The minimum atomic E-state index is -0.162. The standard InChI is InChI=1S/C27H29N3O4/c1-19(2)26(31)29(17-24-11-8-16-33-24)18-25-20(3)28-30(21-9-6-5-7-10-21)27(25)34-23-14-12-22(32-4)13-15-23/h5-16,19H,17-18H2,1-4H3. The Hall–Kier alpha value is -4.00. The summed E-state index contributed by atoms with van der Waals surface area (Å²) < 4.78 is 18.9. The quantitative estimate of drug-likeness (QED) is 0.318. The number of nitrogens with zero attached hydrogens (tertiary/aromatic N) is 3. The minimum Gasteiger partial charge on any atom is -0.497 e. The molecule has 2 aromatic heterocycles. The van der Waals surface area contributed by atoms with E-state index in [-0.39, 0.29) is 11.8 Å². The maximum Gasteiger partial charge on any atom is 0.227 e. The van der Waals surface area contributed by atoms with E-state index in [0.29, 0.717) is 24.7 Å². The van der Waals surface area contributed by atoms with Crippen LogP contribution in [-0.2, 0) is 17.9 Å². The van der Waals surface area contributed by atoms with Crippen LogP contribution in [0.25, 0.3) is 5.69 Å². The van der Waals surface area contributed by atoms with E-state index in [1.807, 2.05) is 87.5 Å². The number of aromatic nitrogens is 2. The number of hydrogen-bond donors (Lipinski definition) is 0. The van der Waals surface area contributed by atoms with Crippen molar-refractivity contribution in [3.05, 3.63) is 90.0 Å². The Labute approximate surface area is 199 Å². The summed E-state index contributed by atoms with van der Waals surface area (Å²) in [7, 11) is 1.63. The lowest BCUT2D eigenvalue weighted by Crippen LogP contribution is -2.33. The van der Waals surface area contributed by atoms with Gasteiger partial charge in [0.2, 0.25) is 11.8 Å². The molecule has 2 aromatic carbocycles. The average Bonchev–Trinajstić information content (AvgIpc) is 3.47. The first-order valence-electron chi connectivity index (χ1n) is 11.2. The normalized spacial score (nSPS) is 11.0. The summed E-state index contributed by atoms with van der Waals surface area (Å²) in [5.74, 6) is 2.54. The summed E-state index contributed by atoms with van der Waals surface area (Å²) in [5, 5.41) is 4.77. The van der Waals surface area contributed by atoms with Gasteiger partial charge in [-0.25, -0.2) is 4.68 Å². The molecule has 0 aliphatic heterocycles. The van der Waals surface area contributed by atoms with Crippen molar-refractivity contribution in [2.75, 3.05) is 7.11 Å². The van der Waals surface area contributed by atoms with Crippen molar-refractivity contribution < 1.29 is 18.7 Å². The lowest BCUT2D eigenvalue weighted by molar-refractivity contribution is -0.136. The fraction of sp³-hybridized carbons (Fsp3) is 0.259. The van der Waals surface area contributed by atoms with Crippen LogP contribution in [0.4, 0.5) is 0 Å². The molecule has 7 nitrogen and oxygen atoms in total. The Balaban J connectivity index is 1.75. The predicted molar refractivity (Wildman–Crippen MR) is 129 cm³/mol. The van der Waals surface area contributed by atoms with Gasteiger partial charge in [0.25, 0.3) is 0 Å². The first kappa shape index (κ1) is 23.2. The van der Waals surface area contributed by atoms with Crippen molar-refractivity contribution in [2.24, 2.45) is 5.92 Å². The third kappa shape index (κ3) is 5.14. The van der Waals surface area contributed by atoms with Crippen LogP contribution >= 0.6 is 0 Å². The van der Waals surface area contributed by atoms with Gasteiger partial charge in [-0.05, 0) is 55.5 Å². The van der Waals surface area contributed by atoms with Crippen LogP contribution in [0.5, 0.6) is 17.4 Å². The largest absolute Gasteiger partial charge is 0.497 e. The van der Waals surface area contributed by atoms with Gasteiger partial charge in [0.15, 0.2) is 0 Å². The van der Waals surface area contributed by atoms with Gasteiger partial charge >= 0.3 is 0 Å². The molecule has 0 aliphatic carbocycles. The first-order valence-corrected chi connectivity index (χ1v) is 11.2. The third-order valence-electron chi connectivity index (χ3n) is 5.49. The number of carbonyl (C=O) groups is 1. The van der Waals surface area contributed by atoms with Crippen molar-refractivity contribution in [3.8, 4) is 23.1 Å². The smallest absolute Gasteiger partial charge is 0.227 e. The SMILES string of the molecule is COc1ccc(Oc2c(CN(Cc3ccco3)C(=O)C(C)C)c(C)nn2-c2ccccc2)cc1. The lowest BCUT2D eigenvalue weighted by atomic mass is 10.1. The molecule has 0 atom stereocenters. The van der Waals surface area contributed by atoms with Crippen LogP contribution in [0.2, 0.25) is 0 Å². The average molecular weight is 460 g/mol. The van der Waals surface area contributed by atoms with Crippen LogP contribution in [-0.4, -0.2) is 27.7 Å². The van der Waals surface area contributed by atoms with E-state index < -0.39 is 0 Å². The van der Waals surface area contributed by atoms with Gasteiger partial charge in [-0.2, -0.15) is 5.10 Å². The molecule has 0 spiro atoms. The third-order valence-corrected chi connectivity index (χ3v) is 5.49. The molecule has 0 N–H and O–H groups in total. The molecule has 0 unspecified atom stereocenters. The summed E-state index contributed by atoms with van der Waals surface area (Å²) in [4.78, 5) is 14.9. The van der Waals surface area contributed by atoms with Crippen LogP contribution < -0.4 is 9.47 Å². The molecule has 0 bridgehead atoms. The number of rotatable bonds is 9. The number of carbonyl (C=O) groups excluding carboxylic acids is 1. The van der Waals surface area contributed by atoms with Crippen LogP contribution in [0.15, 0.2) is 77.4 Å². The molecule has 0 saturated heterocycles. The van der Waals surface area contributed by atoms with Gasteiger partial charge in [-0.3, -0.25) is 4.79 Å². The van der Waals surface area contributed by atoms with Crippen molar-refractivity contribution in [2.45, 2.75) is 33.9 Å². The molecule has 2 heterocycles. The highest BCUT2D eigenvalue weighted by molar-refractivity contribution is 5.78. The van der Waals surface area contributed by atoms with E-state index in [0.717, 1.165) is 28.5 Å². The van der Waals surface area contributed by atoms with Gasteiger partial charge in [0.1, 0.15) is 17.3 Å². The fourth-order valence-electron chi connectivity index (χ4n) is 3.68. The Morgan fingerprint density at radius 1 is 1.00 bits per heavy atom. The molecule has 4 rings (SSSR count). The van der Waals surface area contributed by atoms with Crippen molar-refractivity contribution >= 4 is 5.91 Å². The topological polar surface area (TPSA) is 69.7 Å². The maximum absolute atomic E-state index is 13.1. The van der Waals surface area contributed by atoms with E-state index in [1.165, 1.54) is 0 Å². The number of aryl methyl sites for hydroxylation is 1. The number of hydrogen-bond acceptors (Lipinski definition) is 5. The van der Waals surface area contributed by atoms with E-state index in [4.69, 9.17) is 19.0 Å². The van der Waals surface area contributed by atoms with Crippen LogP contribution in [0.1, 0.15) is 30.9 Å². The second-order valence-corrected chi connectivity index (χ2v) is 8.32. The number of methoxy groups -OCH3 is 1. The molecule has 34 heavy (non-hydrogen) atoms. The molecule has 1 amide bonds. The summed E-state index contributed by atoms with van der Waals surface area (Å²) >= 11 is 0. The van der Waals surface area contributed by atoms with Gasteiger partial charge in [0.05, 0.1) is 43.4 Å². The van der Waals surface area contributed by atoms with E-state index in [1.54, 1.807) is 23.0 Å². The summed E-state index contributed by atoms with van der Waals surface area (Å²) in [6.45, 7) is 6.42. The van der Waals surface area contributed by atoms with Gasteiger partial charge in [0, 0.05) is 5.92 Å². The van der Waals surface area contributed by atoms with Gasteiger partial charge < -0.3 is 18.8 Å². The molecular weight excluding hydrogens is 430 g/mol. The minimum absolute atomic E-state index is 0.0265. The molecule has 7 heteroatoms. The highest BCUT2D eigenvalue weighted by Gasteiger charge is 2.25. The predicted octanol–water partition coefficient (Wildman–Crippen LogP) is 5.76. The Bertz CT molecular complexity index is 1210. The van der Waals surface area contributed by atoms with E-state index in [9.17, 15) is 4.79 Å². The second kappa shape index (κ2) is 10.3. The number of amides is 1. The molecule has 4 aromatic rings. The van der Waals surface area contributed by atoms with Crippen LogP contribution in [0.3, 0.4) is 0 Å². The van der Waals surface area contributed by atoms with Gasteiger partial charge in [-0.1, -0.05) is 32.0 Å². The number of benzene rings is 2.